The van der Waals surface area contributed by atoms with E-state index in [1.807, 2.05) is 26.0 Å². The van der Waals surface area contributed by atoms with E-state index in [0.717, 1.165) is 17.0 Å². The van der Waals surface area contributed by atoms with Gasteiger partial charge in [-0.25, -0.2) is 4.98 Å². The minimum atomic E-state index is -4.53. The Morgan fingerprint density at radius 2 is 1.77 bits per heavy atom. The van der Waals surface area contributed by atoms with Crippen LogP contribution in [0.15, 0.2) is 12.1 Å². The van der Waals surface area contributed by atoms with Crippen LogP contribution in [0.2, 0.25) is 0 Å². The van der Waals surface area contributed by atoms with Crippen LogP contribution in [-0.4, -0.2) is 15.9 Å². The fraction of sp³-hybridized carbons (Fsp3) is 0.357. The molecule has 2 rings (SSSR count). The third-order valence-electron chi connectivity index (χ3n) is 2.84. The molecule has 2 aromatic rings. The number of thiazole rings is 1. The Morgan fingerprint density at radius 3 is 2.27 bits per heavy atom. The zero-order chi connectivity index (χ0) is 16.5. The molecule has 0 aliphatic heterocycles. The van der Waals surface area contributed by atoms with Gasteiger partial charge >= 0.3 is 6.18 Å². The van der Waals surface area contributed by atoms with Crippen molar-refractivity contribution in [1.82, 2.24) is 15.3 Å². The fourth-order valence-corrected chi connectivity index (χ4v) is 2.86. The summed E-state index contributed by atoms with van der Waals surface area (Å²) in [6.45, 7) is 5.28. The van der Waals surface area contributed by atoms with Gasteiger partial charge in [-0.05, 0) is 38.5 Å². The van der Waals surface area contributed by atoms with Crippen LogP contribution in [0, 0.1) is 20.8 Å². The van der Waals surface area contributed by atoms with Gasteiger partial charge in [0.05, 0.1) is 5.69 Å². The highest BCUT2D eigenvalue weighted by Gasteiger charge is 2.36. The Bertz CT molecular complexity index is 690. The molecular weight excluding hydrogens is 315 g/mol. The number of rotatable bonds is 3. The van der Waals surface area contributed by atoms with E-state index < -0.39 is 17.1 Å². The molecule has 0 radical (unpaired) electrons. The minimum Gasteiger partial charge on any atom is -0.347 e. The number of carbonyl (C=O) groups is 1. The maximum absolute atomic E-state index is 12.6. The van der Waals surface area contributed by atoms with Crippen LogP contribution < -0.4 is 5.32 Å². The standard InChI is InChI=1S/C14H14F3N3OS/c1-7-4-10(5-8(2)19-7)6-18-12(21)11-9(3)20-13(22-11)14(15,16)17/h4-5H,6H2,1-3H3,(H,18,21). The van der Waals surface area contributed by atoms with Crippen molar-refractivity contribution in [2.75, 3.05) is 0 Å². The molecule has 0 atom stereocenters. The van der Waals surface area contributed by atoms with Gasteiger partial charge in [0.1, 0.15) is 4.88 Å². The summed E-state index contributed by atoms with van der Waals surface area (Å²) in [6.07, 6.45) is -4.53. The molecule has 1 N–H and O–H groups in total. The molecule has 2 heterocycles. The van der Waals surface area contributed by atoms with Crippen molar-refractivity contribution >= 4 is 17.2 Å². The maximum Gasteiger partial charge on any atom is 0.443 e. The second kappa shape index (κ2) is 6.04. The number of halogens is 3. The van der Waals surface area contributed by atoms with Gasteiger partial charge in [-0.15, -0.1) is 11.3 Å². The van der Waals surface area contributed by atoms with E-state index >= 15 is 0 Å². The van der Waals surface area contributed by atoms with Crippen LogP contribution in [-0.2, 0) is 12.7 Å². The number of amides is 1. The van der Waals surface area contributed by atoms with Crippen LogP contribution >= 0.6 is 11.3 Å². The van der Waals surface area contributed by atoms with Crippen LogP contribution in [0.25, 0.3) is 0 Å². The first kappa shape index (κ1) is 16.4. The van der Waals surface area contributed by atoms with E-state index in [-0.39, 0.29) is 17.1 Å². The maximum atomic E-state index is 12.6. The predicted octanol–water partition coefficient (Wildman–Crippen LogP) is 3.41. The number of carbonyl (C=O) groups excluding carboxylic acids is 1. The molecule has 22 heavy (non-hydrogen) atoms. The average Bonchev–Trinajstić information content (AvgIpc) is 2.77. The summed E-state index contributed by atoms with van der Waals surface area (Å²) in [7, 11) is 0. The summed E-state index contributed by atoms with van der Waals surface area (Å²) < 4.78 is 37.8. The minimum absolute atomic E-state index is 0.0187. The lowest BCUT2D eigenvalue weighted by molar-refractivity contribution is -0.137. The van der Waals surface area contributed by atoms with Crippen molar-refractivity contribution in [2.45, 2.75) is 33.5 Å². The normalized spacial score (nSPS) is 11.5. The van der Waals surface area contributed by atoms with Gasteiger partial charge in [0.15, 0.2) is 5.01 Å². The van der Waals surface area contributed by atoms with Gasteiger partial charge in [-0.1, -0.05) is 0 Å². The molecule has 118 valence electrons. The topological polar surface area (TPSA) is 54.9 Å². The first-order chi connectivity index (χ1) is 10.2. The van der Waals surface area contributed by atoms with Gasteiger partial charge < -0.3 is 5.32 Å². The lowest BCUT2D eigenvalue weighted by atomic mass is 10.2. The first-order valence-corrected chi connectivity index (χ1v) is 7.25. The third kappa shape index (κ3) is 3.82. The lowest BCUT2D eigenvalue weighted by Crippen LogP contribution is -2.22. The number of aromatic nitrogens is 2. The van der Waals surface area contributed by atoms with Crippen LogP contribution in [0.1, 0.15) is 37.3 Å². The molecule has 1 amide bonds. The van der Waals surface area contributed by atoms with E-state index in [2.05, 4.69) is 15.3 Å². The summed E-state index contributed by atoms with van der Waals surface area (Å²) in [5.74, 6) is -0.558. The summed E-state index contributed by atoms with van der Waals surface area (Å²) in [5, 5.41) is 1.60. The van der Waals surface area contributed by atoms with Crippen molar-refractivity contribution in [3.05, 3.63) is 44.7 Å². The SMILES string of the molecule is Cc1cc(CNC(=O)c2sc(C(F)(F)F)nc2C)cc(C)n1. The van der Waals surface area contributed by atoms with Gasteiger partial charge in [-0.3, -0.25) is 9.78 Å². The molecule has 0 aliphatic carbocycles. The molecule has 4 nitrogen and oxygen atoms in total. The molecule has 0 fully saturated rings. The van der Waals surface area contributed by atoms with Crippen molar-refractivity contribution in [3.8, 4) is 0 Å². The van der Waals surface area contributed by atoms with E-state index in [1.165, 1.54) is 6.92 Å². The molecule has 0 bridgehead atoms. The summed E-state index contributed by atoms with van der Waals surface area (Å²) in [5.41, 5.74) is 2.56. The van der Waals surface area contributed by atoms with Crippen LogP contribution in [0.4, 0.5) is 13.2 Å². The Balaban J connectivity index is 2.11. The fourth-order valence-electron chi connectivity index (χ4n) is 2.01. The average molecular weight is 329 g/mol. The van der Waals surface area contributed by atoms with Crippen molar-refractivity contribution in [2.24, 2.45) is 0 Å². The monoisotopic (exact) mass is 329 g/mol. The largest absolute Gasteiger partial charge is 0.443 e. The van der Waals surface area contributed by atoms with Gasteiger partial charge in [-0.2, -0.15) is 13.2 Å². The quantitative estimate of drug-likeness (QED) is 0.939. The summed E-state index contributed by atoms with van der Waals surface area (Å²) in [6, 6.07) is 3.63. The highest BCUT2D eigenvalue weighted by Crippen LogP contribution is 2.33. The summed E-state index contributed by atoms with van der Waals surface area (Å²) in [4.78, 5) is 19.6. The van der Waals surface area contributed by atoms with Gasteiger partial charge in [0.2, 0.25) is 0 Å². The Labute approximate surface area is 129 Å². The van der Waals surface area contributed by atoms with E-state index in [9.17, 15) is 18.0 Å². The number of nitrogens with one attached hydrogen (secondary N) is 1. The molecule has 0 saturated carbocycles. The number of hydrogen-bond donors (Lipinski definition) is 1. The molecular formula is C14H14F3N3OS. The molecule has 0 aromatic carbocycles. The number of pyridine rings is 1. The third-order valence-corrected chi connectivity index (χ3v) is 4.04. The number of alkyl halides is 3. The van der Waals surface area contributed by atoms with Gasteiger partial charge in [0, 0.05) is 17.9 Å². The molecule has 8 heteroatoms. The molecule has 0 saturated heterocycles. The Morgan fingerprint density at radius 1 is 1.18 bits per heavy atom. The van der Waals surface area contributed by atoms with Crippen LogP contribution in [0.5, 0.6) is 0 Å². The molecule has 0 unspecified atom stereocenters. The summed E-state index contributed by atoms with van der Waals surface area (Å²) >= 11 is 0.355. The molecule has 2 aromatic heterocycles. The van der Waals surface area contributed by atoms with Crippen molar-refractivity contribution in [1.29, 1.82) is 0 Å². The second-order valence-corrected chi connectivity index (χ2v) is 5.87. The second-order valence-electron chi connectivity index (χ2n) is 4.87. The zero-order valence-corrected chi connectivity index (χ0v) is 13.0. The van der Waals surface area contributed by atoms with Crippen molar-refractivity contribution in [3.63, 3.8) is 0 Å². The number of aryl methyl sites for hydroxylation is 3. The van der Waals surface area contributed by atoms with Crippen LogP contribution in [0.3, 0.4) is 0 Å². The highest BCUT2D eigenvalue weighted by molar-refractivity contribution is 7.13. The Kier molecular flexibility index (Phi) is 4.50. The predicted molar refractivity (Wildman–Crippen MR) is 76.7 cm³/mol. The van der Waals surface area contributed by atoms with Crippen molar-refractivity contribution < 1.29 is 18.0 Å². The number of hydrogen-bond acceptors (Lipinski definition) is 4. The highest BCUT2D eigenvalue weighted by atomic mass is 32.1. The molecule has 0 aliphatic rings. The van der Waals surface area contributed by atoms with Gasteiger partial charge in [0.25, 0.3) is 5.91 Å². The number of nitrogens with zero attached hydrogens (tertiary/aromatic N) is 2. The van der Waals surface area contributed by atoms with E-state index in [4.69, 9.17) is 0 Å². The zero-order valence-electron chi connectivity index (χ0n) is 12.2. The molecule has 0 spiro atoms. The van der Waals surface area contributed by atoms with E-state index in [0.29, 0.717) is 11.3 Å². The Hall–Kier alpha value is -1.96. The smallest absolute Gasteiger partial charge is 0.347 e. The van der Waals surface area contributed by atoms with E-state index in [1.54, 1.807) is 0 Å². The lowest BCUT2D eigenvalue weighted by Gasteiger charge is -2.06. The first-order valence-electron chi connectivity index (χ1n) is 6.44.